The third-order valence-corrected chi connectivity index (χ3v) is 5.89. The molecule has 4 aromatic heterocycles. The Labute approximate surface area is 168 Å². The van der Waals surface area contributed by atoms with E-state index in [0.717, 1.165) is 27.6 Å². The van der Waals surface area contributed by atoms with Crippen LogP contribution in [0.2, 0.25) is 0 Å². The normalized spacial score (nSPS) is 11.5. The maximum absolute atomic E-state index is 11.8. The molecular weight excluding hydrogens is 388 g/mol. The number of sulfonamides is 1. The lowest BCUT2D eigenvalue weighted by Crippen LogP contribution is -2.18. The van der Waals surface area contributed by atoms with Crippen LogP contribution in [0.5, 0.6) is 0 Å². The third kappa shape index (κ3) is 3.91. The second-order valence-corrected chi connectivity index (χ2v) is 8.28. The number of rotatable bonds is 5. The van der Waals surface area contributed by atoms with E-state index >= 15 is 0 Å². The maximum Gasteiger partial charge on any atom is 0.241 e. The van der Waals surface area contributed by atoms with Crippen LogP contribution in [0.3, 0.4) is 0 Å². The topological polar surface area (TPSA) is 110 Å². The number of nitrogens with zero attached hydrogens (tertiary/aromatic N) is 4. The van der Waals surface area contributed by atoms with Gasteiger partial charge >= 0.3 is 0 Å². The summed E-state index contributed by atoms with van der Waals surface area (Å²) >= 11 is 0. The number of fused-ring (bicyclic) bond motifs is 1. The summed E-state index contributed by atoms with van der Waals surface area (Å²) in [7, 11) is -2.16. The number of nitrogens with one attached hydrogen (secondary N) is 2. The molecule has 4 rings (SSSR count). The van der Waals surface area contributed by atoms with Crippen molar-refractivity contribution in [1.82, 2.24) is 24.7 Å². The van der Waals surface area contributed by atoms with Gasteiger partial charge < -0.3 is 5.32 Å². The fourth-order valence-corrected chi connectivity index (χ4v) is 3.52. The molecule has 0 saturated heterocycles. The molecule has 4 aromatic rings. The molecule has 0 radical (unpaired) electrons. The van der Waals surface area contributed by atoms with Crippen molar-refractivity contribution < 1.29 is 8.42 Å². The molecule has 9 heteroatoms. The van der Waals surface area contributed by atoms with E-state index in [0.29, 0.717) is 11.6 Å². The van der Waals surface area contributed by atoms with Gasteiger partial charge in [-0.15, -0.1) is 0 Å². The van der Waals surface area contributed by atoms with Crippen LogP contribution < -0.4 is 10.0 Å². The van der Waals surface area contributed by atoms with E-state index in [2.05, 4.69) is 30.0 Å². The molecule has 0 aliphatic carbocycles. The molecule has 0 aromatic carbocycles. The van der Waals surface area contributed by atoms with Gasteiger partial charge in [0.25, 0.3) is 0 Å². The number of anilines is 2. The molecule has 146 valence electrons. The van der Waals surface area contributed by atoms with Gasteiger partial charge in [-0.2, -0.15) is 0 Å². The van der Waals surface area contributed by atoms with Gasteiger partial charge in [0.1, 0.15) is 16.5 Å². The Balaban J connectivity index is 1.64. The summed E-state index contributed by atoms with van der Waals surface area (Å²) in [6, 6.07) is 8.90. The monoisotopic (exact) mass is 406 g/mol. The van der Waals surface area contributed by atoms with Crippen LogP contribution in [0, 0.1) is 6.92 Å². The molecule has 2 N–H and O–H groups in total. The number of aryl methyl sites for hydroxylation is 1. The maximum atomic E-state index is 11.8. The molecule has 0 aliphatic rings. The van der Waals surface area contributed by atoms with Crippen molar-refractivity contribution >= 4 is 32.4 Å². The van der Waals surface area contributed by atoms with Crippen LogP contribution in [0.25, 0.3) is 22.0 Å². The smallest absolute Gasteiger partial charge is 0.241 e. The van der Waals surface area contributed by atoms with Crippen molar-refractivity contribution in [1.29, 1.82) is 0 Å². The third-order valence-electron chi connectivity index (χ3n) is 4.49. The van der Waals surface area contributed by atoms with Gasteiger partial charge in [-0.1, -0.05) is 0 Å². The zero-order valence-electron chi connectivity index (χ0n) is 15.8. The molecule has 29 heavy (non-hydrogen) atoms. The zero-order chi connectivity index (χ0) is 20.4. The number of pyridine rings is 4. The quantitative estimate of drug-likeness (QED) is 0.524. The summed E-state index contributed by atoms with van der Waals surface area (Å²) < 4.78 is 25.8. The lowest BCUT2D eigenvalue weighted by molar-refractivity contribution is 0.588. The highest BCUT2D eigenvalue weighted by Crippen LogP contribution is 2.25. The van der Waals surface area contributed by atoms with Gasteiger partial charge in [-0.3, -0.25) is 9.97 Å². The minimum atomic E-state index is -3.52. The van der Waals surface area contributed by atoms with Crippen LogP contribution in [-0.2, 0) is 10.0 Å². The van der Waals surface area contributed by atoms with Gasteiger partial charge in [-0.25, -0.2) is 23.1 Å². The number of hydrogen-bond acceptors (Lipinski definition) is 7. The zero-order valence-corrected chi connectivity index (χ0v) is 16.6. The molecular formula is C20H18N6O2S. The van der Waals surface area contributed by atoms with Gasteiger partial charge in [0, 0.05) is 41.9 Å². The minimum Gasteiger partial charge on any atom is -0.325 e. The van der Waals surface area contributed by atoms with E-state index < -0.39 is 10.0 Å². The van der Waals surface area contributed by atoms with Crippen molar-refractivity contribution in [2.24, 2.45) is 0 Å². The highest BCUT2D eigenvalue weighted by atomic mass is 32.2. The first-order chi connectivity index (χ1) is 14.0. The summed E-state index contributed by atoms with van der Waals surface area (Å²) in [5, 5.41) is 4.96. The molecule has 0 atom stereocenters. The second kappa shape index (κ2) is 7.53. The molecule has 0 spiro atoms. The van der Waals surface area contributed by atoms with E-state index in [9.17, 15) is 8.42 Å². The minimum absolute atomic E-state index is 0.0968. The molecule has 0 amide bonds. The Hall–Kier alpha value is -3.43. The lowest BCUT2D eigenvalue weighted by atomic mass is 10.1. The van der Waals surface area contributed by atoms with Gasteiger partial charge in [-0.05, 0) is 55.3 Å². The van der Waals surface area contributed by atoms with Crippen molar-refractivity contribution in [3.05, 3.63) is 66.9 Å². The summed E-state index contributed by atoms with van der Waals surface area (Å²) in [6.45, 7) is 2.02. The van der Waals surface area contributed by atoms with Crippen LogP contribution >= 0.6 is 0 Å². The SMILES string of the molecule is CNS(=O)(=O)c1ccc(Nc2cc3cc(-c4cnccc4C)ncc3cn2)nc1. The van der Waals surface area contributed by atoms with Gasteiger partial charge in [0.15, 0.2) is 0 Å². The van der Waals surface area contributed by atoms with Crippen LogP contribution in [0.4, 0.5) is 11.6 Å². The van der Waals surface area contributed by atoms with Crippen LogP contribution in [-0.4, -0.2) is 35.4 Å². The Morgan fingerprint density at radius 1 is 0.862 bits per heavy atom. The highest BCUT2D eigenvalue weighted by Gasteiger charge is 2.11. The highest BCUT2D eigenvalue weighted by molar-refractivity contribution is 7.89. The number of aromatic nitrogens is 4. The van der Waals surface area contributed by atoms with Gasteiger partial charge in [0.05, 0.1) is 5.69 Å². The molecule has 4 heterocycles. The summed E-state index contributed by atoms with van der Waals surface area (Å²) in [5.41, 5.74) is 2.91. The van der Waals surface area contributed by atoms with E-state index in [4.69, 9.17) is 0 Å². The average Bonchev–Trinajstić information content (AvgIpc) is 2.74. The predicted molar refractivity (Wildman–Crippen MR) is 111 cm³/mol. The van der Waals surface area contributed by atoms with E-state index in [1.807, 2.05) is 25.1 Å². The summed E-state index contributed by atoms with van der Waals surface area (Å²) in [6.07, 6.45) is 8.36. The molecule has 8 nitrogen and oxygen atoms in total. The van der Waals surface area contributed by atoms with Crippen molar-refractivity contribution in [3.8, 4) is 11.3 Å². The Morgan fingerprint density at radius 3 is 2.38 bits per heavy atom. The number of hydrogen-bond donors (Lipinski definition) is 2. The van der Waals surface area contributed by atoms with E-state index in [1.165, 1.54) is 19.3 Å². The summed E-state index contributed by atoms with van der Waals surface area (Å²) in [4.78, 5) is 17.3. The van der Waals surface area contributed by atoms with E-state index in [-0.39, 0.29) is 4.90 Å². The standard InChI is InChI=1S/C20H18N6O2S/c1-13-5-6-22-12-17(13)18-7-14-8-20(24-10-15(14)9-23-18)26-19-4-3-16(11-25-19)29(27,28)21-2/h3-12,21H,1-2H3,(H,24,25,26). The second-order valence-electron chi connectivity index (χ2n) is 6.39. The summed E-state index contributed by atoms with van der Waals surface area (Å²) in [5.74, 6) is 1.08. The Bertz CT molecular complexity index is 1290. The average molecular weight is 406 g/mol. The fraction of sp³-hybridized carbons (Fsp3) is 0.100. The largest absolute Gasteiger partial charge is 0.325 e. The van der Waals surface area contributed by atoms with Crippen molar-refractivity contribution in [2.45, 2.75) is 11.8 Å². The van der Waals surface area contributed by atoms with Gasteiger partial charge in [0.2, 0.25) is 10.0 Å². The first-order valence-corrected chi connectivity index (χ1v) is 10.3. The lowest BCUT2D eigenvalue weighted by Gasteiger charge is -2.09. The van der Waals surface area contributed by atoms with Crippen molar-refractivity contribution in [2.75, 3.05) is 12.4 Å². The Morgan fingerprint density at radius 2 is 1.66 bits per heavy atom. The first kappa shape index (κ1) is 18.9. The molecule has 0 unspecified atom stereocenters. The van der Waals surface area contributed by atoms with Crippen LogP contribution in [0.15, 0.2) is 66.2 Å². The molecule has 0 aliphatic heterocycles. The predicted octanol–water partition coefficient (Wildman–Crippen LogP) is 3.05. The molecule has 0 fully saturated rings. The molecule has 0 saturated carbocycles. The van der Waals surface area contributed by atoms with E-state index in [1.54, 1.807) is 30.9 Å². The Kier molecular flexibility index (Phi) is 4.91. The first-order valence-electron chi connectivity index (χ1n) is 8.80. The molecule has 0 bridgehead atoms. The van der Waals surface area contributed by atoms with Crippen LogP contribution in [0.1, 0.15) is 5.56 Å². The van der Waals surface area contributed by atoms with Crippen molar-refractivity contribution in [3.63, 3.8) is 0 Å². The fourth-order valence-electron chi connectivity index (χ4n) is 2.85.